The van der Waals surface area contributed by atoms with E-state index in [1.807, 2.05) is 23.1 Å². The summed E-state index contributed by atoms with van der Waals surface area (Å²) >= 11 is 0. The molecule has 0 aliphatic carbocycles. The van der Waals surface area contributed by atoms with E-state index in [4.69, 9.17) is 5.73 Å². The molecule has 1 aromatic rings. The van der Waals surface area contributed by atoms with Gasteiger partial charge in [-0.1, -0.05) is 18.2 Å². The van der Waals surface area contributed by atoms with E-state index >= 15 is 0 Å². The van der Waals surface area contributed by atoms with Crippen LogP contribution in [-0.4, -0.2) is 24.0 Å². The van der Waals surface area contributed by atoms with Gasteiger partial charge in [0.05, 0.1) is 6.54 Å². The quantitative estimate of drug-likeness (QED) is 0.838. The fourth-order valence-electron chi connectivity index (χ4n) is 2.01. The number of hydrogen-bond acceptors (Lipinski definition) is 3. The molecule has 0 atom stereocenters. The summed E-state index contributed by atoms with van der Waals surface area (Å²) in [5.74, 6) is -0.308. The number of carbonyl (C=O) groups excluding carboxylic acids is 1. The zero-order chi connectivity index (χ0) is 15.3. The molecule has 1 aromatic carbocycles. The minimum Gasteiger partial charge on any atom is -0.368 e. The van der Waals surface area contributed by atoms with Crippen LogP contribution in [0.15, 0.2) is 24.3 Å². The fraction of sp³-hybridized carbons (Fsp3) is 0.562. The van der Waals surface area contributed by atoms with Gasteiger partial charge < -0.3 is 16.0 Å². The summed E-state index contributed by atoms with van der Waals surface area (Å²) in [6, 6.07) is 8.36. The summed E-state index contributed by atoms with van der Waals surface area (Å²) in [5.41, 5.74) is 7.67. The van der Waals surface area contributed by atoms with Crippen molar-refractivity contribution >= 4 is 11.6 Å². The van der Waals surface area contributed by atoms with Crippen LogP contribution in [0.5, 0.6) is 0 Å². The van der Waals surface area contributed by atoms with Gasteiger partial charge in [0.1, 0.15) is 0 Å². The summed E-state index contributed by atoms with van der Waals surface area (Å²) in [6.45, 7) is 11.6. The summed E-state index contributed by atoms with van der Waals surface area (Å²) in [5, 5.41) is 3.48. The van der Waals surface area contributed by atoms with Gasteiger partial charge in [0.2, 0.25) is 5.91 Å². The molecule has 0 fully saturated rings. The van der Waals surface area contributed by atoms with Crippen molar-refractivity contribution in [3.05, 3.63) is 29.8 Å². The maximum Gasteiger partial charge on any atom is 0.236 e. The second-order valence-electron chi connectivity index (χ2n) is 6.42. The monoisotopic (exact) mass is 277 g/mol. The van der Waals surface area contributed by atoms with Crippen LogP contribution in [0.4, 0.5) is 5.69 Å². The third kappa shape index (κ3) is 5.21. The molecular weight excluding hydrogens is 250 g/mol. The molecule has 0 spiro atoms. The largest absolute Gasteiger partial charge is 0.368 e. The van der Waals surface area contributed by atoms with Gasteiger partial charge in [-0.3, -0.25) is 4.79 Å². The van der Waals surface area contributed by atoms with E-state index in [1.54, 1.807) is 0 Å². The zero-order valence-corrected chi connectivity index (χ0v) is 13.2. The molecule has 1 amide bonds. The number of rotatable bonds is 6. The van der Waals surface area contributed by atoms with Crippen molar-refractivity contribution < 1.29 is 4.79 Å². The van der Waals surface area contributed by atoms with Crippen molar-refractivity contribution in [1.29, 1.82) is 0 Å². The van der Waals surface area contributed by atoms with Gasteiger partial charge in [0.15, 0.2) is 0 Å². The molecule has 0 unspecified atom stereocenters. The third-order valence-corrected chi connectivity index (χ3v) is 3.06. The van der Waals surface area contributed by atoms with Gasteiger partial charge in [-0.2, -0.15) is 0 Å². The van der Waals surface area contributed by atoms with E-state index in [0.29, 0.717) is 0 Å². The average molecular weight is 277 g/mol. The van der Waals surface area contributed by atoms with E-state index in [0.717, 1.165) is 12.2 Å². The molecule has 0 aromatic heterocycles. The van der Waals surface area contributed by atoms with Crippen molar-refractivity contribution in [3.8, 4) is 0 Å². The fourth-order valence-corrected chi connectivity index (χ4v) is 2.01. The average Bonchev–Trinajstić information content (AvgIpc) is 2.32. The molecule has 20 heavy (non-hydrogen) atoms. The zero-order valence-electron chi connectivity index (χ0n) is 13.2. The lowest BCUT2D eigenvalue weighted by Crippen LogP contribution is -2.40. The Labute approximate surface area is 122 Å². The maximum absolute atomic E-state index is 11.3. The van der Waals surface area contributed by atoms with Crippen molar-refractivity contribution in [1.82, 2.24) is 5.32 Å². The molecule has 0 saturated carbocycles. The Morgan fingerprint density at radius 2 is 1.90 bits per heavy atom. The molecule has 0 saturated heterocycles. The van der Waals surface area contributed by atoms with Crippen molar-refractivity contribution in [2.24, 2.45) is 5.73 Å². The topological polar surface area (TPSA) is 58.4 Å². The highest BCUT2D eigenvalue weighted by atomic mass is 16.1. The maximum atomic E-state index is 11.3. The number of anilines is 1. The van der Waals surface area contributed by atoms with E-state index in [9.17, 15) is 4.79 Å². The third-order valence-electron chi connectivity index (χ3n) is 3.06. The number of hydrogen-bond donors (Lipinski definition) is 2. The lowest BCUT2D eigenvalue weighted by molar-refractivity contribution is -0.116. The van der Waals surface area contributed by atoms with E-state index < -0.39 is 0 Å². The van der Waals surface area contributed by atoms with Crippen molar-refractivity contribution in [2.75, 3.05) is 11.4 Å². The molecule has 0 aliphatic rings. The Morgan fingerprint density at radius 3 is 2.40 bits per heavy atom. The standard InChI is InChI=1S/C16H27N3O/c1-12(2)19(11-15(17)20)14-9-7-6-8-13(14)10-18-16(3,4)5/h6-9,12,18H,10-11H2,1-5H3,(H2,17,20). The molecule has 0 aliphatic heterocycles. The first-order chi connectivity index (χ1) is 9.20. The molecule has 4 heteroatoms. The molecular formula is C16H27N3O. The number of nitrogens with zero attached hydrogens (tertiary/aromatic N) is 1. The van der Waals surface area contributed by atoms with Crippen LogP contribution in [-0.2, 0) is 11.3 Å². The molecule has 1 rings (SSSR count). The molecule has 112 valence electrons. The molecule has 0 heterocycles. The van der Waals surface area contributed by atoms with Crippen LogP contribution in [0, 0.1) is 0 Å². The van der Waals surface area contributed by atoms with Crippen LogP contribution in [0.3, 0.4) is 0 Å². The normalized spacial score (nSPS) is 11.7. The minimum atomic E-state index is -0.308. The molecule has 4 nitrogen and oxygen atoms in total. The summed E-state index contributed by atoms with van der Waals surface area (Å²) in [4.78, 5) is 13.3. The van der Waals surface area contributed by atoms with Gasteiger partial charge >= 0.3 is 0 Å². The number of nitrogens with one attached hydrogen (secondary N) is 1. The lowest BCUT2D eigenvalue weighted by atomic mass is 10.1. The SMILES string of the molecule is CC(C)N(CC(N)=O)c1ccccc1CNC(C)(C)C. The highest BCUT2D eigenvalue weighted by molar-refractivity contribution is 5.80. The van der Waals surface area contributed by atoms with Gasteiger partial charge in [-0.25, -0.2) is 0 Å². The molecule has 3 N–H and O–H groups in total. The van der Waals surface area contributed by atoms with Gasteiger partial charge in [-0.15, -0.1) is 0 Å². The Hall–Kier alpha value is -1.55. The Balaban J connectivity index is 3.00. The van der Waals surface area contributed by atoms with Gasteiger partial charge in [0.25, 0.3) is 0 Å². The number of benzene rings is 1. The van der Waals surface area contributed by atoms with Gasteiger partial charge in [0, 0.05) is 23.8 Å². The van der Waals surface area contributed by atoms with Crippen molar-refractivity contribution in [3.63, 3.8) is 0 Å². The highest BCUT2D eigenvalue weighted by Gasteiger charge is 2.17. The van der Waals surface area contributed by atoms with Crippen LogP contribution in [0.25, 0.3) is 0 Å². The van der Waals surface area contributed by atoms with E-state index in [-0.39, 0.29) is 24.0 Å². The predicted octanol–water partition coefficient (Wildman–Crippen LogP) is 2.27. The second kappa shape index (κ2) is 6.75. The summed E-state index contributed by atoms with van der Waals surface area (Å²) in [6.07, 6.45) is 0. The predicted molar refractivity (Wildman–Crippen MR) is 84.7 cm³/mol. The van der Waals surface area contributed by atoms with Crippen LogP contribution >= 0.6 is 0 Å². The number of amides is 1. The van der Waals surface area contributed by atoms with Crippen molar-refractivity contribution in [2.45, 2.75) is 52.7 Å². The highest BCUT2D eigenvalue weighted by Crippen LogP contribution is 2.22. The summed E-state index contributed by atoms with van der Waals surface area (Å²) < 4.78 is 0. The van der Waals surface area contributed by atoms with E-state index in [1.165, 1.54) is 5.56 Å². The summed E-state index contributed by atoms with van der Waals surface area (Å²) in [7, 11) is 0. The minimum absolute atomic E-state index is 0.0550. The van der Waals surface area contributed by atoms with Crippen LogP contribution in [0.1, 0.15) is 40.2 Å². The van der Waals surface area contributed by atoms with Crippen LogP contribution < -0.4 is 16.0 Å². The number of primary amides is 1. The number of carbonyl (C=O) groups is 1. The Morgan fingerprint density at radius 1 is 1.30 bits per heavy atom. The van der Waals surface area contributed by atoms with Crippen LogP contribution in [0.2, 0.25) is 0 Å². The van der Waals surface area contributed by atoms with E-state index in [2.05, 4.69) is 46.0 Å². The Bertz CT molecular complexity index is 449. The molecule has 0 bridgehead atoms. The smallest absolute Gasteiger partial charge is 0.236 e. The first-order valence-electron chi connectivity index (χ1n) is 7.08. The second-order valence-corrected chi connectivity index (χ2v) is 6.42. The Kier molecular flexibility index (Phi) is 5.57. The first-order valence-corrected chi connectivity index (χ1v) is 7.08. The molecule has 0 radical (unpaired) electrons. The van der Waals surface area contributed by atoms with Gasteiger partial charge in [-0.05, 0) is 46.2 Å². The first kappa shape index (κ1) is 16.5. The number of nitrogens with two attached hydrogens (primary N) is 1. The number of para-hydroxylation sites is 1. The lowest BCUT2D eigenvalue weighted by Gasteiger charge is -2.30.